The molecule has 2 saturated heterocycles. The zero-order valence-electron chi connectivity index (χ0n) is 19.3. The van der Waals surface area contributed by atoms with Crippen LogP contribution < -0.4 is 10.6 Å². The van der Waals surface area contributed by atoms with Crippen molar-refractivity contribution in [3.8, 4) is 0 Å². The van der Waals surface area contributed by atoms with E-state index in [0.717, 1.165) is 45.1 Å². The van der Waals surface area contributed by atoms with Gasteiger partial charge in [0.2, 0.25) is 0 Å². The van der Waals surface area contributed by atoms with Crippen LogP contribution in [0.25, 0.3) is 0 Å². The number of likely N-dealkylation sites (tertiary alicyclic amines) is 1. The van der Waals surface area contributed by atoms with Crippen molar-refractivity contribution in [3.05, 3.63) is 35.9 Å². The second-order valence-corrected chi connectivity index (χ2v) is 8.95. The first kappa shape index (κ1) is 23.0. The van der Waals surface area contributed by atoms with E-state index in [0.29, 0.717) is 12.1 Å². The van der Waals surface area contributed by atoms with E-state index in [9.17, 15) is 0 Å². The molecule has 2 heterocycles. The molecule has 2 atom stereocenters. The first-order chi connectivity index (χ1) is 14.6. The van der Waals surface area contributed by atoms with E-state index in [1.807, 2.05) is 0 Å². The fourth-order valence-electron chi connectivity index (χ4n) is 4.56. The summed E-state index contributed by atoms with van der Waals surface area (Å²) in [5.41, 5.74) is 1.39. The van der Waals surface area contributed by atoms with Crippen LogP contribution in [-0.2, 0) is 6.54 Å². The lowest BCUT2D eigenvalue weighted by atomic mass is 10.2. The number of likely N-dealkylation sites (N-methyl/N-ethyl adjacent to an activating group) is 1. The molecule has 2 N–H and O–H groups in total. The first-order valence-electron chi connectivity index (χ1n) is 11.9. The van der Waals surface area contributed by atoms with Crippen molar-refractivity contribution in [2.45, 2.75) is 51.7 Å². The highest BCUT2D eigenvalue weighted by Crippen LogP contribution is 2.20. The second kappa shape index (κ2) is 12.3. The minimum absolute atomic E-state index is 0.461. The molecular formula is C24H42N6. The minimum Gasteiger partial charge on any atom is -0.357 e. The van der Waals surface area contributed by atoms with Crippen molar-refractivity contribution in [2.75, 3.05) is 59.4 Å². The summed E-state index contributed by atoms with van der Waals surface area (Å²) in [5.74, 6) is 0.979. The molecule has 0 aliphatic carbocycles. The largest absolute Gasteiger partial charge is 0.357 e. The smallest absolute Gasteiger partial charge is 0.191 e. The summed E-state index contributed by atoms with van der Waals surface area (Å²) in [6.45, 7) is 14.4. The van der Waals surface area contributed by atoms with E-state index in [-0.39, 0.29) is 0 Å². The highest BCUT2D eigenvalue weighted by molar-refractivity contribution is 5.80. The van der Waals surface area contributed by atoms with Gasteiger partial charge in [0.05, 0.1) is 0 Å². The average molecular weight is 415 g/mol. The van der Waals surface area contributed by atoms with Gasteiger partial charge in [0.15, 0.2) is 5.96 Å². The summed E-state index contributed by atoms with van der Waals surface area (Å²) >= 11 is 0. The standard InChI is InChI=1S/C24H42N6/c1-4-25-24(26-12-8-14-29-15-9-13-28(3)16-17-29)27-23-18-21(2)30(20-23)19-22-10-6-5-7-11-22/h5-7,10-11,21,23H,4,8-9,12-20H2,1-3H3,(H2,25,26,27). The number of guanidine groups is 1. The molecule has 2 aliphatic heterocycles. The topological polar surface area (TPSA) is 46.1 Å². The van der Waals surface area contributed by atoms with Gasteiger partial charge in [0, 0.05) is 51.4 Å². The lowest BCUT2D eigenvalue weighted by Gasteiger charge is -2.21. The Labute approximate surface area is 183 Å². The van der Waals surface area contributed by atoms with Crippen LogP contribution in [0.2, 0.25) is 0 Å². The van der Waals surface area contributed by atoms with Crippen LogP contribution in [0.15, 0.2) is 35.3 Å². The minimum atomic E-state index is 0.461. The Morgan fingerprint density at radius 2 is 1.97 bits per heavy atom. The Kier molecular flexibility index (Phi) is 9.43. The van der Waals surface area contributed by atoms with Crippen LogP contribution in [0.1, 0.15) is 38.7 Å². The summed E-state index contributed by atoms with van der Waals surface area (Å²) in [4.78, 5) is 12.5. The maximum absolute atomic E-state index is 4.87. The van der Waals surface area contributed by atoms with Crippen molar-refractivity contribution >= 4 is 5.96 Å². The molecule has 6 nitrogen and oxygen atoms in total. The van der Waals surface area contributed by atoms with Crippen molar-refractivity contribution in [1.82, 2.24) is 25.3 Å². The van der Waals surface area contributed by atoms with Crippen molar-refractivity contribution < 1.29 is 0 Å². The zero-order chi connectivity index (χ0) is 21.2. The molecular weight excluding hydrogens is 372 g/mol. The summed E-state index contributed by atoms with van der Waals surface area (Å²) in [7, 11) is 2.23. The monoisotopic (exact) mass is 414 g/mol. The molecule has 1 aromatic rings. The molecule has 2 unspecified atom stereocenters. The van der Waals surface area contributed by atoms with E-state index in [1.54, 1.807) is 0 Å². The lowest BCUT2D eigenvalue weighted by molar-refractivity contribution is 0.258. The molecule has 30 heavy (non-hydrogen) atoms. The summed E-state index contributed by atoms with van der Waals surface area (Å²) in [6, 6.07) is 11.8. The van der Waals surface area contributed by atoms with Gasteiger partial charge in [-0.2, -0.15) is 0 Å². The van der Waals surface area contributed by atoms with E-state index in [1.165, 1.54) is 44.6 Å². The second-order valence-electron chi connectivity index (χ2n) is 8.95. The van der Waals surface area contributed by atoms with Crippen LogP contribution in [0.3, 0.4) is 0 Å². The van der Waals surface area contributed by atoms with Gasteiger partial charge in [-0.1, -0.05) is 30.3 Å². The molecule has 1 aromatic carbocycles. The summed E-state index contributed by atoms with van der Waals surface area (Å²) in [5, 5.41) is 7.14. The maximum Gasteiger partial charge on any atom is 0.191 e. The van der Waals surface area contributed by atoms with Gasteiger partial charge in [-0.15, -0.1) is 0 Å². The van der Waals surface area contributed by atoms with Gasteiger partial charge in [-0.05, 0) is 65.4 Å². The SMILES string of the molecule is CCNC(=NCCCN1CCCN(C)CC1)NC1CC(C)N(Cc2ccccc2)C1. The zero-order valence-corrected chi connectivity index (χ0v) is 19.3. The molecule has 2 aliphatic rings. The number of nitrogens with one attached hydrogen (secondary N) is 2. The van der Waals surface area contributed by atoms with Crippen LogP contribution in [-0.4, -0.2) is 92.1 Å². The molecule has 0 saturated carbocycles. The van der Waals surface area contributed by atoms with Crippen molar-refractivity contribution in [1.29, 1.82) is 0 Å². The van der Waals surface area contributed by atoms with Gasteiger partial charge >= 0.3 is 0 Å². The number of aliphatic imine (C=N–C) groups is 1. The third kappa shape index (κ3) is 7.56. The Hall–Kier alpha value is -1.63. The molecule has 6 heteroatoms. The predicted molar refractivity (Wildman–Crippen MR) is 127 cm³/mol. The van der Waals surface area contributed by atoms with Gasteiger partial charge in [0.1, 0.15) is 0 Å². The Morgan fingerprint density at radius 1 is 1.13 bits per heavy atom. The molecule has 0 spiro atoms. The van der Waals surface area contributed by atoms with Crippen molar-refractivity contribution in [2.24, 2.45) is 4.99 Å². The van der Waals surface area contributed by atoms with E-state index in [4.69, 9.17) is 4.99 Å². The quantitative estimate of drug-likeness (QED) is 0.388. The van der Waals surface area contributed by atoms with Crippen LogP contribution >= 0.6 is 0 Å². The molecule has 0 aromatic heterocycles. The van der Waals surface area contributed by atoms with Crippen LogP contribution in [0.5, 0.6) is 0 Å². The first-order valence-corrected chi connectivity index (χ1v) is 11.9. The Bertz CT molecular complexity index is 634. The number of hydrogen-bond acceptors (Lipinski definition) is 4. The molecule has 0 radical (unpaired) electrons. The normalized spacial score (nSPS) is 24.7. The van der Waals surface area contributed by atoms with Crippen LogP contribution in [0, 0.1) is 0 Å². The molecule has 2 fully saturated rings. The van der Waals surface area contributed by atoms with Gasteiger partial charge in [-0.3, -0.25) is 9.89 Å². The molecule has 3 rings (SSSR count). The Morgan fingerprint density at radius 3 is 2.77 bits per heavy atom. The number of nitrogens with zero attached hydrogens (tertiary/aromatic N) is 4. The van der Waals surface area contributed by atoms with Gasteiger partial charge in [0.25, 0.3) is 0 Å². The Balaban J connectivity index is 1.43. The molecule has 0 amide bonds. The summed E-state index contributed by atoms with van der Waals surface area (Å²) in [6.07, 6.45) is 3.57. The fourth-order valence-corrected chi connectivity index (χ4v) is 4.56. The number of rotatable bonds is 8. The predicted octanol–water partition coefficient (Wildman–Crippen LogP) is 2.23. The van der Waals surface area contributed by atoms with Crippen molar-refractivity contribution in [3.63, 3.8) is 0 Å². The van der Waals surface area contributed by atoms with E-state index in [2.05, 4.69) is 76.6 Å². The third-order valence-electron chi connectivity index (χ3n) is 6.33. The summed E-state index contributed by atoms with van der Waals surface area (Å²) < 4.78 is 0. The molecule has 0 bridgehead atoms. The number of hydrogen-bond donors (Lipinski definition) is 2. The maximum atomic E-state index is 4.87. The average Bonchev–Trinajstić information content (AvgIpc) is 2.94. The van der Waals surface area contributed by atoms with Gasteiger partial charge in [-0.25, -0.2) is 0 Å². The highest BCUT2D eigenvalue weighted by atomic mass is 15.3. The number of benzene rings is 1. The van der Waals surface area contributed by atoms with Crippen LogP contribution in [0.4, 0.5) is 0 Å². The van der Waals surface area contributed by atoms with E-state index < -0.39 is 0 Å². The third-order valence-corrected chi connectivity index (χ3v) is 6.33. The fraction of sp³-hybridized carbons (Fsp3) is 0.708. The van der Waals surface area contributed by atoms with E-state index >= 15 is 0 Å². The highest BCUT2D eigenvalue weighted by Gasteiger charge is 2.29. The van der Waals surface area contributed by atoms with Gasteiger partial charge < -0.3 is 20.4 Å². The molecule has 168 valence electrons. The lowest BCUT2D eigenvalue weighted by Crippen LogP contribution is -2.44.